The number of halogens is 1. The third kappa shape index (κ3) is 5.60. The minimum atomic E-state index is -0.251. The van der Waals surface area contributed by atoms with Crippen molar-refractivity contribution < 1.29 is 9.53 Å². The van der Waals surface area contributed by atoms with Crippen LogP contribution in [0.1, 0.15) is 30.8 Å². The molecular formula is C11H16ClN3O2. The molecule has 1 rings (SSSR count). The molecule has 0 aliphatic rings. The molecule has 94 valence electrons. The maximum Gasteiger partial charge on any atom is 0.271 e. The fourth-order valence-corrected chi connectivity index (χ4v) is 1.22. The van der Waals surface area contributed by atoms with E-state index >= 15 is 0 Å². The molecule has 0 unspecified atom stereocenters. The van der Waals surface area contributed by atoms with Crippen molar-refractivity contribution in [1.29, 1.82) is 0 Å². The summed E-state index contributed by atoms with van der Waals surface area (Å²) in [5, 5.41) is 10.3. The standard InChI is InChI=1S/C11H16ClN3O2/c1-8(2)17-7-3-6-13-11(16)9-4-5-10(12)15-14-9/h4-5,8H,3,6-7H2,1-2H3,(H,13,16). The van der Waals surface area contributed by atoms with E-state index in [-0.39, 0.29) is 22.9 Å². The zero-order chi connectivity index (χ0) is 12.7. The molecule has 0 aliphatic heterocycles. The zero-order valence-electron chi connectivity index (χ0n) is 9.94. The Kier molecular flexibility index (Phi) is 5.86. The van der Waals surface area contributed by atoms with Crippen LogP contribution in [0.15, 0.2) is 12.1 Å². The van der Waals surface area contributed by atoms with Crippen LogP contribution in [0, 0.1) is 0 Å². The van der Waals surface area contributed by atoms with Crippen LogP contribution in [0.3, 0.4) is 0 Å². The number of carbonyl (C=O) groups is 1. The van der Waals surface area contributed by atoms with E-state index in [1.165, 1.54) is 12.1 Å². The Balaban J connectivity index is 2.23. The Morgan fingerprint density at radius 3 is 2.82 bits per heavy atom. The van der Waals surface area contributed by atoms with Gasteiger partial charge >= 0.3 is 0 Å². The molecule has 17 heavy (non-hydrogen) atoms. The van der Waals surface area contributed by atoms with E-state index in [0.717, 1.165) is 6.42 Å². The van der Waals surface area contributed by atoms with E-state index in [1.54, 1.807) is 0 Å². The van der Waals surface area contributed by atoms with Crippen molar-refractivity contribution >= 4 is 17.5 Å². The molecule has 5 nitrogen and oxygen atoms in total. The molecule has 0 radical (unpaired) electrons. The monoisotopic (exact) mass is 257 g/mol. The van der Waals surface area contributed by atoms with E-state index in [4.69, 9.17) is 16.3 Å². The number of hydrogen-bond acceptors (Lipinski definition) is 4. The van der Waals surface area contributed by atoms with Crippen LogP contribution in [0.2, 0.25) is 5.15 Å². The Morgan fingerprint density at radius 2 is 2.24 bits per heavy atom. The van der Waals surface area contributed by atoms with E-state index in [9.17, 15) is 4.79 Å². The molecule has 0 aromatic carbocycles. The van der Waals surface area contributed by atoms with Crippen LogP contribution < -0.4 is 5.32 Å². The number of nitrogens with one attached hydrogen (secondary N) is 1. The quantitative estimate of drug-likeness (QED) is 0.788. The van der Waals surface area contributed by atoms with Crippen LogP contribution in [0.5, 0.6) is 0 Å². The molecule has 0 bridgehead atoms. The topological polar surface area (TPSA) is 64.1 Å². The molecule has 0 fully saturated rings. The van der Waals surface area contributed by atoms with Gasteiger partial charge in [-0.25, -0.2) is 0 Å². The molecule has 1 aromatic rings. The Labute approximate surface area is 106 Å². The highest BCUT2D eigenvalue weighted by atomic mass is 35.5. The fraction of sp³-hybridized carbons (Fsp3) is 0.545. The minimum Gasteiger partial charge on any atom is -0.379 e. The lowest BCUT2D eigenvalue weighted by atomic mass is 10.3. The van der Waals surface area contributed by atoms with Gasteiger partial charge in [0.15, 0.2) is 10.8 Å². The van der Waals surface area contributed by atoms with Gasteiger partial charge in [0.05, 0.1) is 6.10 Å². The van der Waals surface area contributed by atoms with Gasteiger partial charge < -0.3 is 10.1 Å². The highest BCUT2D eigenvalue weighted by Gasteiger charge is 2.06. The van der Waals surface area contributed by atoms with Gasteiger partial charge in [0.2, 0.25) is 0 Å². The molecule has 6 heteroatoms. The van der Waals surface area contributed by atoms with Crippen molar-refractivity contribution in [2.75, 3.05) is 13.2 Å². The summed E-state index contributed by atoms with van der Waals surface area (Å²) in [5.41, 5.74) is 0.263. The second-order valence-corrected chi connectivity index (χ2v) is 4.16. The number of amides is 1. The van der Waals surface area contributed by atoms with Crippen molar-refractivity contribution in [3.63, 3.8) is 0 Å². The summed E-state index contributed by atoms with van der Waals surface area (Å²) in [6, 6.07) is 3.07. The van der Waals surface area contributed by atoms with Gasteiger partial charge in [-0.15, -0.1) is 10.2 Å². The highest BCUT2D eigenvalue weighted by molar-refractivity contribution is 6.29. The first-order valence-corrected chi connectivity index (χ1v) is 5.86. The molecule has 1 N–H and O–H groups in total. The summed E-state index contributed by atoms with van der Waals surface area (Å²) < 4.78 is 5.35. The number of carbonyl (C=O) groups excluding carboxylic acids is 1. The molecule has 1 aromatic heterocycles. The van der Waals surface area contributed by atoms with Crippen LogP contribution >= 0.6 is 11.6 Å². The van der Waals surface area contributed by atoms with Crippen molar-refractivity contribution in [1.82, 2.24) is 15.5 Å². The SMILES string of the molecule is CC(C)OCCCNC(=O)c1ccc(Cl)nn1. The summed E-state index contributed by atoms with van der Waals surface area (Å²) in [6.07, 6.45) is 0.984. The molecule has 1 amide bonds. The van der Waals surface area contributed by atoms with E-state index in [2.05, 4.69) is 15.5 Å². The zero-order valence-corrected chi connectivity index (χ0v) is 10.7. The number of nitrogens with zero attached hydrogens (tertiary/aromatic N) is 2. The minimum absolute atomic E-state index is 0.216. The average molecular weight is 258 g/mol. The highest BCUT2D eigenvalue weighted by Crippen LogP contribution is 2.01. The summed E-state index contributed by atoms with van der Waals surface area (Å²) >= 11 is 5.57. The lowest BCUT2D eigenvalue weighted by Crippen LogP contribution is -2.26. The van der Waals surface area contributed by atoms with Crippen LogP contribution in [0.25, 0.3) is 0 Å². The van der Waals surface area contributed by atoms with Crippen LogP contribution in [-0.4, -0.2) is 35.4 Å². The summed E-state index contributed by atoms with van der Waals surface area (Å²) in [7, 11) is 0. The summed E-state index contributed by atoms with van der Waals surface area (Å²) in [6.45, 7) is 5.13. The van der Waals surface area contributed by atoms with Crippen molar-refractivity contribution in [2.45, 2.75) is 26.4 Å². The normalized spacial score (nSPS) is 10.6. The van der Waals surface area contributed by atoms with E-state index < -0.39 is 0 Å². The number of ether oxygens (including phenoxy) is 1. The predicted molar refractivity (Wildman–Crippen MR) is 65.1 cm³/mol. The predicted octanol–water partition coefficient (Wildman–Crippen LogP) is 1.67. The molecule has 0 atom stereocenters. The van der Waals surface area contributed by atoms with Crippen molar-refractivity contribution in [3.8, 4) is 0 Å². The maximum absolute atomic E-state index is 11.6. The van der Waals surface area contributed by atoms with Crippen LogP contribution in [-0.2, 0) is 4.74 Å². The number of aromatic nitrogens is 2. The molecule has 0 saturated carbocycles. The van der Waals surface area contributed by atoms with Crippen molar-refractivity contribution in [2.24, 2.45) is 0 Å². The molecule has 1 heterocycles. The third-order valence-corrected chi connectivity index (χ3v) is 2.12. The van der Waals surface area contributed by atoms with Gasteiger partial charge in [0.25, 0.3) is 5.91 Å². The van der Waals surface area contributed by atoms with Gasteiger partial charge in [-0.05, 0) is 32.4 Å². The van der Waals surface area contributed by atoms with Crippen LogP contribution in [0.4, 0.5) is 0 Å². The third-order valence-electron chi connectivity index (χ3n) is 1.92. The van der Waals surface area contributed by atoms with Gasteiger partial charge in [-0.3, -0.25) is 4.79 Å². The first-order valence-electron chi connectivity index (χ1n) is 5.48. The molecule has 0 saturated heterocycles. The Bertz CT molecular complexity index is 354. The van der Waals surface area contributed by atoms with Gasteiger partial charge in [0, 0.05) is 13.2 Å². The first-order chi connectivity index (χ1) is 8.09. The summed E-state index contributed by atoms with van der Waals surface area (Å²) in [4.78, 5) is 11.6. The summed E-state index contributed by atoms with van der Waals surface area (Å²) in [5.74, 6) is -0.251. The van der Waals surface area contributed by atoms with E-state index in [1.807, 2.05) is 13.8 Å². The average Bonchev–Trinajstić information content (AvgIpc) is 2.29. The first kappa shape index (κ1) is 13.9. The fourth-order valence-electron chi connectivity index (χ4n) is 1.12. The van der Waals surface area contributed by atoms with Gasteiger partial charge in [-0.2, -0.15) is 0 Å². The lowest BCUT2D eigenvalue weighted by molar-refractivity contribution is 0.0756. The largest absolute Gasteiger partial charge is 0.379 e. The smallest absolute Gasteiger partial charge is 0.271 e. The molecule has 0 spiro atoms. The number of hydrogen-bond donors (Lipinski definition) is 1. The Hall–Kier alpha value is -1.20. The molecular weight excluding hydrogens is 242 g/mol. The Morgan fingerprint density at radius 1 is 1.47 bits per heavy atom. The lowest BCUT2D eigenvalue weighted by Gasteiger charge is -2.07. The van der Waals surface area contributed by atoms with E-state index in [0.29, 0.717) is 13.2 Å². The molecule has 0 aliphatic carbocycles. The maximum atomic E-state index is 11.6. The second-order valence-electron chi connectivity index (χ2n) is 3.77. The van der Waals surface area contributed by atoms with Gasteiger partial charge in [-0.1, -0.05) is 11.6 Å². The number of rotatable bonds is 6. The van der Waals surface area contributed by atoms with Gasteiger partial charge in [0.1, 0.15) is 0 Å². The van der Waals surface area contributed by atoms with Crippen molar-refractivity contribution in [3.05, 3.63) is 23.0 Å². The second kappa shape index (κ2) is 7.19.